The molecule has 8 rings (SSSR count). The highest BCUT2D eigenvalue weighted by Gasteiger charge is 2.41. The third kappa shape index (κ3) is 4.82. The molecule has 0 spiro atoms. The molecule has 2 nitrogen and oxygen atoms in total. The molecule has 4 aromatic carbocycles. The van der Waals surface area contributed by atoms with Gasteiger partial charge in [0, 0.05) is 38.4 Å². The van der Waals surface area contributed by atoms with Gasteiger partial charge >= 0.3 is 0 Å². The molecule has 0 bridgehead atoms. The molecule has 0 aliphatic heterocycles. The normalized spacial score (nSPS) is 20.4. The molecule has 2 heterocycles. The Hall–Kier alpha value is -4.56. The van der Waals surface area contributed by atoms with Gasteiger partial charge in [-0.15, -0.1) is 0 Å². The number of fused-ring (bicyclic) bond motifs is 6. The van der Waals surface area contributed by atoms with E-state index in [1.54, 1.807) is 0 Å². The fraction of sp³-hybridized carbons (Fsp3) is 0.333. The standard InChI is InChI=1S/C48H52N2/c1-9-45(3,4)47(7)29-27-43-39(31-47)37-15-11-13-17-41(37)49(43)35-23-19-33(20-24-35)34-21-25-36(26-22-34)50-42-18-14-12-16-38(42)40-32-48(8,30-28-44(40)50)46(5,6)10-2/h11-29,32H,9-10,30-31H2,1-8H3. The zero-order chi connectivity index (χ0) is 35.1. The number of allylic oxidation sites excluding steroid dienone is 1. The molecule has 2 aromatic heterocycles. The predicted molar refractivity (Wildman–Crippen MR) is 215 cm³/mol. The monoisotopic (exact) mass is 656 g/mol. The lowest BCUT2D eigenvalue weighted by Crippen LogP contribution is -2.41. The summed E-state index contributed by atoms with van der Waals surface area (Å²) >= 11 is 0. The van der Waals surface area contributed by atoms with Crippen LogP contribution in [0.4, 0.5) is 0 Å². The van der Waals surface area contributed by atoms with Crippen molar-refractivity contribution >= 4 is 40.0 Å². The summed E-state index contributed by atoms with van der Waals surface area (Å²) in [6, 6.07) is 36.2. The van der Waals surface area contributed by atoms with Gasteiger partial charge in [0.15, 0.2) is 0 Å². The quantitative estimate of drug-likeness (QED) is 0.162. The Labute approximate surface area is 298 Å². The van der Waals surface area contributed by atoms with Gasteiger partial charge in [-0.1, -0.05) is 147 Å². The Morgan fingerprint density at radius 3 is 1.74 bits per heavy atom. The van der Waals surface area contributed by atoms with Crippen molar-refractivity contribution in [2.45, 2.75) is 81.1 Å². The van der Waals surface area contributed by atoms with Crippen LogP contribution in [0.25, 0.3) is 62.5 Å². The zero-order valence-electron chi connectivity index (χ0n) is 31.3. The van der Waals surface area contributed by atoms with Gasteiger partial charge in [0.2, 0.25) is 0 Å². The lowest BCUT2D eigenvalue weighted by Gasteiger charge is -2.44. The number of benzene rings is 4. The predicted octanol–water partition coefficient (Wildman–Crippen LogP) is 11.7. The molecule has 2 atom stereocenters. The molecule has 0 amide bonds. The minimum Gasteiger partial charge on any atom is -0.310 e. The van der Waals surface area contributed by atoms with E-state index in [2.05, 4.69) is 186 Å². The van der Waals surface area contributed by atoms with Gasteiger partial charge in [0.25, 0.3) is 0 Å². The van der Waals surface area contributed by atoms with Crippen LogP contribution in [0.3, 0.4) is 0 Å². The molecule has 50 heavy (non-hydrogen) atoms. The zero-order valence-corrected chi connectivity index (χ0v) is 31.3. The molecule has 2 aliphatic rings. The summed E-state index contributed by atoms with van der Waals surface area (Å²) in [6.45, 7) is 19.2. The van der Waals surface area contributed by atoms with Crippen molar-refractivity contribution in [3.63, 3.8) is 0 Å². The number of hydrogen-bond donors (Lipinski definition) is 0. The second-order valence-corrected chi connectivity index (χ2v) is 16.8. The third-order valence-corrected chi connectivity index (χ3v) is 13.8. The molecule has 0 saturated carbocycles. The summed E-state index contributed by atoms with van der Waals surface area (Å²) in [6.07, 6.45) is 14.4. The molecule has 2 heteroatoms. The van der Waals surface area contributed by atoms with Crippen molar-refractivity contribution in [2.24, 2.45) is 21.7 Å². The summed E-state index contributed by atoms with van der Waals surface area (Å²) in [4.78, 5) is 0. The number of aromatic nitrogens is 2. The Morgan fingerprint density at radius 1 is 0.620 bits per heavy atom. The molecular weight excluding hydrogens is 605 g/mol. The topological polar surface area (TPSA) is 9.86 Å². The molecule has 0 N–H and O–H groups in total. The summed E-state index contributed by atoms with van der Waals surface area (Å²) in [5.74, 6) is 0. The lowest BCUT2D eigenvalue weighted by atomic mass is 9.61. The van der Waals surface area contributed by atoms with E-state index in [1.165, 1.54) is 66.1 Å². The Morgan fingerprint density at radius 2 is 1.14 bits per heavy atom. The first kappa shape index (κ1) is 32.6. The van der Waals surface area contributed by atoms with Gasteiger partial charge in [-0.05, 0) is 93.7 Å². The lowest BCUT2D eigenvalue weighted by molar-refractivity contribution is 0.137. The van der Waals surface area contributed by atoms with Crippen molar-refractivity contribution in [3.8, 4) is 22.5 Å². The molecule has 0 fully saturated rings. The van der Waals surface area contributed by atoms with Crippen LogP contribution in [0.1, 0.15) is 85.9 Å². The van der Waals surface area contributed by atoms with Gasteiger partial charge in [0.05, 0.1) is 11.0 Å². The van der Waals surface area contributed by atoms with Crippen LogP contribution in [0.5, 0.6) is 0 Å². The van der Waals surface area contributed by atoms with Gasteiger partial charge in [-0.3, -0.25) is 0 Å². The SMILES string of the molecule is CCC(C)(C)C1(C)C=c2c(n(-c3ccc(-c4ccc(-n5c6c(c7ccccc75)CC(C)(C(C)(C)CC)C=C6)cc4)cc3)c3ccccc23)=CC1. The van der Waals surface area contributed by atoms with Gasteiger partial charge in [-0.2, -0.15) is 0 Å². The molecule has 0 radical (unpaired) electrons. The molecule has 254 valence electrons. The molecule has 6 aromatic rings. The van der Waals surface area contributed by atoms with E-state index in [-0.39, 0.29) is 21.7 Å². The van der Waals surface area contributed by atoms with Crippen LogP contribution >= 0.6 is 0 Å². The van der Waals surface area contributed by atoms with E-state index in [0.29, 0.717) is 0 Å². The summed E-state index contributed by atoms with van der Waals surface area (Å²) in [5.41, 5.74) is 10.9. The average Bonchev–Trinajstić information content (AvgIpc) is 3.63. The maximum Gasteiger partial charge on any atom is 0.0540 e. The minimum absolute atomic E-state index is 0.120. The van der Waals surface area contributed by atoms with Crippen LogP contribution in [-0.2, 0) is 6.42 Å². The van der Waals surface area contributed by atoms with E-state index in [0.717, 1.165) is 25.7 Å². The highest BCUT2D eigenvalue weighted by Crippen LogP contribution is 2.50. The summed E-state index contributed by atoms with van der Waals surface area (Å²) in [5, 5.41) is 5.41. The van der Waals surface area contributed by atoms with E-state index in [1.807, 2.05) is 0 Å². The largest absolute Gasteiger partial charge is 0.310 e. The van der Waals surface area contributed by atoms with Crippen LogP contribution in [0, 0.1) is 21.7 Å². The fourth-order valence-electron chi connectivity index (χ4n) is 8.61. The number of hydrogen-bond acceptors (Lipinski definition) is 0. The van der Waals surface area contributed by atoms with Gasteiger partial charge < -0.3 is 9.13 Å². The maximum atomic E-state index is 2.58. The van der Waals surface area contributed by atoms with Crippen molar-refractivity contribution in [1.29, 1.82) is 0 Å². The highest BCUT2D eigenvalue weighted by molar-refractivity contribution is 5.91. The average molecular weight is 657 g/mol. The van der Waals surface area contributed by atoms with Crippen LogP contribution in [0.2, 0.25) is 0 Å². The fourth-order valence-corrected chi connectivity index (χ4v) is 8.61. The second-order valence-electron chi connectivity index (χ2n) is 16.8. The first-order chi connectivity index (χ1) is 23.9. The van der Waals surface area contributed by atoms with Crippen LogP contribution in [0.15, 0.2) is 103 Å². The summed E-state index contributed by atoms with van der Waals surface area (Å²) < 4.78 is 4.93. The Kier molecular flexibility index (Phi) is 7.50. The van der Waals surface area contributed by atoms with E-state index < -0.39 is 0 Å². The van der Waals surface area contributed by atoms with Crippen molar-refractivity contribution < 1.29 is 0 Å². The van der Waals surface area contributed by atoms with Gasteiger partial charge in [-0.25, -0.2) is 0 Å². The van der Waals surface area contributed by atoms with Crippen molar-refractivity contribution in [3.05, 3.63) is 125 Å². The Balaban J connectivity index is 1.15. The first-order valence-electron chi connectivity index (χ1n) is 18.8. The van der Waals surface area contributed by atoms with E-state index in [4.69, 9.17) is 0 Å². The van der Waals surface area contributed by atoms with E-state index >= 15 is 0 Å². The van der Waals surface area contributed by atoms with Gasteiger partial charge in [0.1, 0.15) is 0 Å². The smallest absolute Gasteiger partial charge is 0.0540 e. The molecule has 2 unspecified atom stereocenters. The van der Waals surface area contributed by atoms with E-state index in [9.17, 15) is 0 Å². The highest BCUT2D eigenvalue weighted by atomic mass is 15.0. The van der Waals surface area contributed by atoms with Crippen molar-refractivity contribution in [1.82, 2.24) is 9.13 Å². The second kappa shape index (κ2) is 11.5. The van der Waals surface area contributed by atoms with Crippen LogP contribution in [-0.4, -0.2) is 9.13 Å². The number of rotatable bonds is 7. The number of nitrogens with zero attached hydrogens (tertiary/aromatic N) is 2. The Bertz CT molecular complexity index is 2410. The summed E-state index contributed by atoms with van der Waals surface area (Å²) in [7, 11) is 0. The minimum atomic E-state index is 0.120. The van der Waals surface area contributed by atoms with Crippen LogP contribution < -0.4 is 10.6 Å². The maximum absolute atomic E-state index is 2.58. The number of para-hydroxylation sites is 2. The molecular formula is C48H52N2. The molecule has 0 saturated heterocycles. The first-order valence-corrected chi connectivity index (χ1v) is 18.8. The van der Waals surface area contributed by atoms with Crippen molar-refractivity contribution in [2.75, 3.05) is 0 Å². The third-order valence-electron chi connectivity index (χ3n) is 13.8. The molecule has 2 aliphatic carbocycles.